The first-order valence-electron chi connectivity index (χ1n) is 7.96. The van der Waals surface area contributed by atoms with E-state index >= 15 is 0 Å². The van der Waals surface area contributed by atoms with Crippen molar-refractivity contribution in [2.24, 2.45) is 0 Å². The van der Waals surface area contributed by atoms with Crippen molar-refractivity contribution >= 4 is 17.5 Å². The number of anilines is 3. The highest BCUT2D eigenvalue weighted by molar-refractivity contribution is 5.59. The van der Waals surface area contributed by atoms with Crippen molar-refractivity contribution in [1.82, 2.24) is 9.97 Å². The smallest absolute Gasteiger partial charge is 0.225 e. The molecule has 0 radical (unpaired) electrons. The van der Waals surface area contributed by atoms with E-state index in [2.05, 4.69) is 20.6 Å². The summed E-state index contributed by atoms with van der Waals surface area (Å²) in [5.41, 5.74) is 1.53. The number of hydrogen-bond acceptors (Lipinski definition) is 6. The lowest BCUT2D eigenvalue weighted by Crippen LogP contribution is -2.21. The van der Waals surface area contributed by atoms with E-state index in [1.807, 2.05) is 13.0 Å². The Hall–Kier alpha value is -2.41. The molecule has 24 heavy (non-hydrogen) atoms. The third-order valence-electron chi connectivity index (χ3n) is 3.82. The topological polar surface area (TPSA) is 79.3 Å². The Kier molecular flexibility index (Phi) is 4.80. The van der Waals surface area contributed by atoms with Gasteiger partial charge in [0, 0.05) is 29.8 Å². The molecular weight excluding hydrogens is 311 g/mol. The lowest BCUT2D eigenvalue weighted by atomic mass is 10.2. The molecule has 1 saturated carbocycles. The molecule has 1 aromatic carbocycles. The summed E-state index contributed by atoms with van der Waals surface area (Å²) in [5.74, 6) is 1.25. The number of nitrogens with zero attached hydrogens (tertiary/aromatic N) is 2. The summed E-state index contributed by atoms with van der Waals surface area (Å²) in [6, 6.07) is 6.39. The number of nitrogens with one attached hydrogen (secondary N) is 2. The predicted octanol–water partition coefficient (Wildman–Crippen LogP) is 3.04. The van der Waals surface area contributed by atoms with Crippen LogP contribution in [0.4, 0.5) is 21.8 Å². The Balaban J connectivity index is 1.84. The molecular formula is C17H21FN4O2. The van der Waals surface area contributed by atoms with Crippen molar-refractivity contribution in [1.29, 1.82) is 0 Å². The number of benzene rings is 1. The minimum absolute atomic E-state index is 0.0104. The fourth-order valence-corrected chi connectivity index (χ4v) is 2.34. The van der Waals surface area contributed by atoms with E-state index in [-0.39, 0.29) is 18.4 Å². The predicted molar refractivity (Wildman–Crippen MR) is 90.4 cm³/mol. The second-order valence-electron chi connectivity index (χ2n) is 5.98. The van der Waals surface area contributed by atoms with Crippen LogP contribution in [0.3, 0.4) is 0 Å². The van der Waals surface area contributed by atoms with Gasteiger partial charge in [-0.2, -0.15) is 4.98 Å². The number of methoxy groups -OCH3 is 1. The summed E-state index contributed by atoms with van der Waals surface area (Å²) in [5, 5.41) is 15.3. The van der Waals surface area contributed by atoms with Gasteiger partial charge in [-0.05, 0) is 31.9 Å². The Bertz CT molecular complexity index is 722. The van der Waals surface area contributed by atoms with Crippen LogP contribution in [0, 0.1) is 5.82 Å². The normalized spacial score (nSPS) is 15.0. The van der Waals surface area contributed by atoms with Gasteiger partial charge >= 0.3 is 0 Å². The van der Waals surface area contributed by atoms with Crippen molar-refractivity contribution in [3.63, 3.8) is 0 Å². The van der Waals surface area contributed by atoms with Crippen LogP contribution in [-0.2, 0) is 0 Å². The van der Waals surface area contributed by atoms with E-state index in [9.17, 15) is 9.50 Å². The van der Waals surface area contributed by atoms with Crippen LogP contribution in [0.2, 0.25) is 0 Å². The lowest BCUT2D eigenvalue weighted by molar-refractivity contribution is 0.281. The number of halogens is 1. The summed E-state index contributed by atoms with van der Waals surface area (Å²) >= 11 is 0. The quantitative estimate of drug-likeness (QED) is 0.723. The molecule has 0 amide bonds. The van der Waals surface area contributed by atoms with Crippen molar-refractivity contribution < 1.29 is 14.2 Å². The van der Waals surface area contributed by atoms with Gasteiger partial charge in [0.15, 0.2) is 11.6 Å². The van der Waals surface area contributed by atoms with Crippen LogP contribution < -0.4 is 15.4 Å². The third kappa shape index (κ3) is 3.91. The van der Waals surface area contributed by atoms with Crippen molar-refractivity contribution in [2.75, 3.05) is 24.4 Å². The first-order valence-corrected chi connectivity index (χ1v) is 7.96. The Morgan fingerprint density at radius 1 is 1.33 bits per heavy atom. The van der Waals surface area contributed by atoms with Gasteiger partial charge in [0.2, 0.25) is 5.95 Å². The molecule has 0 bridgehead atoms. The van der Waals surface area contributed by atoms with Gasteiger partial charge in [0.25, 0.3) is 0 Å². The maximum Gasteiger partial charge on any atom is 0.225 e. The number of aromatic nitrogens is 2. The molecule has 1 atom stereocenters. The van der Waals surface area contributed by atoms with Crippen LogP contribution in [0.15, 0.2) is 24.3 Å². The van der Waals surface area contributed by atoms with Gasteiger partial charge in [-0.25, -0.2) is 9.37 Å². The fraction of sp³-hybridized carbons (Fsp3) is 0.412. The van der Waals surface area contributed by atoms with Crippen LogP contribution in [0.25, 0.3) is 0 Å². The largest absolute Gasteiger partial charge is 0.494 e. The second kappa shape index (κ2) is 7.00. The first-order chi connectivity index (χ1) is 11.6. The molecule has 1 aliphatic rings. The van der Waals surface area contributed by atoms with E-state index in [0.29, 0.717) is 23.4 Å². The van der Waals surface area contributed by atoms with Gasteiger partial charge in [0.05, 0.1) is 19.4 Å². The van der Waals surface area contributed by atoms with Crippen molar-refractivity contribution in [3.8, 4) is 5.75 Å². The number of ether oxygens (including phenoxy) is 1. The molecule has 1 heterocycles. The summed E-state index contributed by atoms with van der Waals surface area (Å²) in [6.45, 7) is 1.84. The first kappa shape index (κ1) is 16.4. The van der Waals surface area contributed by atoms with Crippen molar-refractivity contribution in [2.45, 2.75) is 31.7 Å². The van der Waals surface area contributed by atoms with Crippen LogP contribution in [0.5, 0.6) is 5.75 Å². The molecule has 1 aromatic heterocycles. The van der Waals surface area contributed by atoms with Crippen molar-refractivity contribution in [3.05, 3.63) is 35.8 Å². The van der Waals surface area contributed by atoms with E-state index in [1.165, 1.54) is 13.2 Å². The number of rotatable bonds is 7. The fourth-order valence-electron chi connectivity index (χ4n) is 2.34. The Morgan fingerprint density at radius 2 is 2.12 bits per heavy atom. The van der Waals surface area contributed by atoms with Gasteiger partial charge in [0.1, 0.15) is 5.82 Å². The second-order valence-corrected chi connectivity index (χ2v) is 5.98. The van der Waals surface area contributed by atoms with Gasteiger partial charge in [-0.3, -0.25) is 0 Å². The van der Waals surface area contributed by atoms with E-state index in [1.54, 1.807) is 12.1 Å². The molecule has 3 N–H and O–H groups in total. The molecule has 7 heteroatoms. The maximum atomic E-state index is 13.8. The van der Waals surface area contributed by atoms with Crippen LogP contribution in [0.1, 0.15) is 31.4 Å². The van der Waals surface area contributed by atoms with Crippen LogP contribution in [-0.4, -0.2) is 34.8 Å². The highest BCUT2D eigenvalue weighted by Crippen LogP contribution is 2.40. The zero-order valence-electron chi connectivity index (χ0n) is 13.7. The minimum Gasteiger partial charge on any atom is -0.494 e. The SMILES string of the molecule is COc1ccc(Nc2cc(C3CC3)nc(N[C@@H](C)CO)n2)cc1F. The molecule has 0 unspecified atom stereocenters. The summed E-state index contributed by atoms with van der Waals surface area (Å²) in [7, 11) is 1.43. The van der Waals surface area contributed by atoms with Gasteiger partial charge in [-0.15, -0.1) is 0 Å². The summed E-state index contributed by atoms with van der Waals surface area (Å²) < 4.78 is 18.8. The summed E-state index contributed by atoms with van der Waals surface area (Å²) in [6.07, 6.45) is 2.23. The zero-order valence-corrected chi connectivity index (χ0v) is 13.7. The molecule has 0 spiro atoms. The lowest BCUT2D eigenvalue weighted by Gasteiger charge is -2.14. The number of aliphatic hydroxyl groups excluding tert-OH is 1. The Morgan fingerprint density at radius 3 is 2.75 bits per heavy atom. The number of hydrogen-bond donors (Lipinski definition) is 3. The number of aliphatic hydroxyl groups is 1. The maximum absolute atomic E-state index is 13.8. The third-order valence-corrected chi connectivity index (χ3v) is 3.82. The molecule has 1 fully saturated rings. The summed E-state index contributed by atoms with van der Waals surface area (Å²) in [4.78, 5) is 8.90. The molecule has 3 rings (SSSR count). The monoisotopic (exact) mass is 332 g/mol. The Labute approximate surface area is 140 Å². The molecule has 6 nitrogen and oxygen atoms in total. The van der Waals surface area contributed by atoms with Gasteiger partial charge in [-0.1, -0.05) is 0 Å². The molecule has 2 aromatic rings. The average Bonchev–Trinajstić information content (AvgIpc) is 3.39. The standard InChI is InChI=1S/C17H21FN4O2/c1-10(9-23)19-17-21-14(11-3-4-11)8-16(22-17)20-12-5-6-15(24-2)13(18)7-12/h5-8,10-11,23H,3-4,9H2,1-2H3,(H2,19,20,21,22)/t10-/m0/s1. The molecule has 1 aliphatic carbocycles. The van der Waals surface area contributed by atoms with Crippen LogP contribution >= 0.6 is 0 Å². The molecule has 128 valence electrons. The van der Waals surface area contributed by atoms with E-state index in [4.69, 9.17) is 4.74 Å². The van der Waals surface area contributed by atoms with E-state index in [0.717, 1.165) is 18.5 Å². The highest BCUT2D eigenvalue weighted by atomic mass is 19.1. The molecule has 0 saturated heterocycles. The molecule has 0 aliphatic heterocycles. The average molecular weight is 332 g/mol. The zero-order chi connectivity index (χ0) is 17.1. The minimum atomic E-state index is -0.439. The van der Waals surface area contributed by atoms with E-state index < -0.39 is 5.82 Å². The van der Waals surface area contributed by atoms with Gasteiger partial charge < -0.3 is 20.5 Å². The highest BCUT2D eigenvalue weighted by Gasteiger charge is 2.26.